The van der Waals surface area contributed by atoms with Crippen molar-refractivity contribution >= 4 is 34.8 Å². The van der Waals surface area contributed by atoms with E-state index in [-0.39, 0.29) is 5.69 Å². The number of fused-ring (bicyclic) bond motifs is 1. The highest BCUT2D eigenvalue weighted by Crippen LogP contribution is 2.32. The molecule has 0 atom stereocenters. The van der Waals surface area contributed by atoms with Gasteiger partial charge in [-0.05, 0) is 43.7 Å². The molecular weight excluding hydrogens is 399 g/mol. The maximum Gasteiger partial charge on any atom is 0.366 e. The van der Waals surface area contributed by atoms with E-state index in [2.05, 4.69) is 15.3 Å². The predicted molar refractivity (Wildman–Crippen MR) is 107 cm³/mol. The van der Waals surface area contributed by atoms with Crippen LogP contribution in [0.25, 0.3) is 16.8 Å². The first-order valence-corrected chi connectivity index (χ1v) is 9.16. The molecule has 0 aliphatic rings. The van der Waals surface area contributed by atoms with Crippen LogP contribution in [0.3, 0.4) is 0 Å². The van der Waals surface area contributed by atoms with E-state index < -0.39 is 5.97 Å². The van der Waals surface area contributed by atoms with Crippen molar-refractivity contribution in [3.05, 3.63) is 75.7 Å². The van der Waals surface area contributed by atoms with E-state index >= 15 is 0 Å². The number of carbonyl (C=O) groups is 1. The molecule has 140 valence electrons. The van der Waals surface area contributed by atoms with E-state index in [9.17, 15) is 4.79 Å². The Morgan fingerprint density at radius 2 is 1.75 bits per heavy atom. The minimum atomic E-state index is -0.595. The van der Waals surface area contributed by atoms with Gasteiger partial charge in [0.25, 0.3) is 0 Å². The molecule has 4 rings (SSSR count). The molecule has 0 saturated carbocycles. The number of ether oxygens (including phenoxy) is 1. The van der Waals surface area contributed by atoms with Crippen LogP contribution in [0, 0.1) is 13.8 Å². The molecule has 0 fully saturated rings. The number of hydrogen-bond donors (Lipinski definition) is 0. The number of para-hydroxylation sites is 1. The Hall–Kier alpha value is -2.96. The number of aryl methyl sites for hydroxylation is 2. The summed E-state index contributed by atoms with van der Waals surface area (Å²) in [6.45, 7) is 3.60. The van der Waals surface area contributed by atoms with E-state index in [4.69, 9.17) is 27.9 Å². The van der Waals surface area contributed by atoms with Crippen LogP contribution < -0.4 is 4.74 Å². The molecule has 2 heterocycles. The van der Waals surface area contributed by atoms with Gasteiger partial charge in [0.2, 0.25) is 0 Å². The zero-order valence-electron chi connectivity index (χ0n) is 15.0. The van der Waals surface area contributed by atoms with Crippen molar-refractivity contribution in [1.82, 2.24) is 19.8 Å². The number of rotatable bonds is 3. The lowest BCUT2D eigenvalue weighted by Gasteiger charge is -2.07. The van der Waals surface area contributed by atoms with Crippen molar-refractivity contribution < 1.29 is 9.53 Å². The van der Waals surface area contributed by atoms with E-state index in [1.165, 1.54) is 0 Å². The van der Waals surface area contributed by atoms with Gasteiger partial charge < -0.3 is 4.74 Å². The Labute approximate surface area is 170 Å². The molecule has 2 aromatic carbocycles. The fourth-order valence-corrected chi connectivity index (χ4v) is 3.23. The molecule has 0 aliphatic carbocycles. The molecule has 28 heavy (non-hydrogen) atoms. The van der Waals surface area contributed by atoms with Gasteiger partial charge >= 0.3 is 5.97 Å². The fraction of sp³-hybridized carbons (Fsp3) is 0.100. The summed E-state index contributed by atoms with van der Waals surface area (Å²) in [6, 6.07) is 14.1. The molecule has 0 unspecified atom stereocenters. The number of nitrogens with zero attached hydrogens (tertiary/aromatic N) is 4. The Bertz CT molecular complexity index is 1210. The number of hydrogen-bond acceptors (Lipinski definition) is 5. The third kappa shape index (κ3) is 3.21. The van der Waals surface area contributed by atoms with Gasteiger partial charge in [-0.2, -0.15) is 5.10 Å². The first-order chi connectivity index (χ1) is 13.5. The van der Waals surface area contributed by atoms with Gasteiger partial charge in [-0.15, -0.1) is 10.2 Å². The molecule has 0 N–H and O–H groups in total. The van der Waals surface area contributed by atoms with Crippen LogP contribution in [0.15, 0.2) is 48.5 Å². The monoisotopic (exact) mass is 412 g/mol. The van der Waals surface area contributed by atoms with Crippen molar-refractivity contribution in [1.29, 1.82) is 0 Å². The van der Waals surface area contributed by atoms with Gasteiger partial charge in [-0.25, -0.2) is 9.31 Å². The zero-order valence-corrected chi connectivity index (χ0v) is 16.5. The third-order valence-corrected chi connectivity index (χ3v) is 5.04. The Kier molecular flexibility index (Phi) is 4.75. The molecule has 6 nitrogen and oxygen atoms in total. The topological polar surface area (TPSA) is 69.4 Å². The Morgan fingerprint density at radius 1 is 1.00 bits per heavy atom. The summed E-state index contributed by atoms with van der Waals surface area (Å²) in [5.74, 6) is -0.163. The standard InChI is InChI=1S/C20H14Cl2N4O2/c1-11-17(13-8-9-15(21)16(22)10-13)19-24-23-18(12(2)26(19)25-11)20(27)28-14-6-4-3-5-7-14/h3-10H,1-2H3. The van der Waals surface area contributed by atoms with E-state index in [1.54, 1.807) is 47.8 Å². The second-order valence-electron chi connectivity index (χ2n) is 6.16. The summed E-state index contributed by atoms with van der Waals surface area (Å²) in [6.07, 6.45) is 0. The van der Waals surface area contributed by atoms with Crippen molar-refractivity contribution in [3.8, 4) is 16.9 Å². The molecule has 0 aliphatic heterocycles. The normalized spacial score (nSPS) is 11.0. The average Bonchev–Trinajstić information content (AvgIpc) is 3.02. The van der Waals surface area contributed by atoms with Gasteiger partial charge in [0.1, 0.15) is 5.75 Å². The maximum atomic E-state index is 12.5. The number of carbonyl (C=O) groups excluding carboxylic acids is 1. The summed E-state index contributed by atoms with van der Waals surface area (Å²) in [5.41, 5.74) is 3.46. The molecule has 0 saturated heterocycles. The van der Waals surface area contributed by atoms with Crippen molar-refractivity contribution in [3.63, 3.8) is 0 Å². The van der Waals surface area contributed by atoms with E-state index in [0.29, 0.717) is 27.1 Å². The fourth-order valence-electron chi connectivity index (χ4n) is 2.93. The number of esters is 1. The highest BCUT2D eigenvalue weighted by atomic mass is 35.5. The average molecular weight is 413 g/mol. The molecule has 0 bridgehead atoms. The summed E-state index contributed by atoms with van der Waals surface area (Å²) in [4.78, 5) is 12.5. The maximum absolute atomic E-state index is 12.5. The quantitative estimate of drug-likeness (QED) is 0.352. The second-order valence-corrected chi connectivity index (χ2v) is 6.98. The van der Waals surface area contributed by atoms with Crippen LogP contribution >= 0.6 is 23.2 Å². The first-order valence-electron chi connectivity index (χ1n) is 8.41. The van der Waals surface area contributed by atoms with E-state index in [0.717, 1.165) is 16.8 Å². The van der Waals surface area contributed by atoms with Crippen LogP contribution in [0.5, 0.6) is 5.75 Å². The van der Waals surface area contributed by atoms with Crippen LogP contribution in [-0.2, 0) is 0 Å². The minimum absolute atomic E-state index is 0.0968. The third-order valence-electron chi connectivity index (χ3n) is 4.30. The smallest absolute Gasteiger partial charge is 0.366 e. The first kappa shape index (κ1) is 18.4. The Morgan fingerprint density at radius 3 is 2.46 bits per heavy atom. The summed E-state index contributed by atoms with van der Waals surface area (Å²) >= 11 is 12.2. The molecule has 0 radical (unpaired) electrons. The predicted octanol–water partition coefficient (Wildman–Crippen LogP) is 4.93. The van der Waals surface area contributed by atoms with Gasteiger partial charge in [0.05, 0.1) is 27.0 Å². The SMILES string of the molecule is Cc1nn2c(C)c(C(=O)Oc3ccccc3)nnc2c1-c1ccc(Cl)c(Cl)c1. The van der Waals surface area contributed by atoms with Crippen LogP contribution in [0.4, 0.5) is 0 Å². The van der Waals surface area contributed by atoms with E-state index in [1.807, 2.05) is 19.1 Å². The number of aromatic nitrogens is 4. The zero-order chi connectivity index (χ0) is 19.8. The van der Waals surface area contributed by atoms with Crippen LogP contribution in [0.2, 0.25) is 10.0 Å². The summed E-state index contributed by atoms with van der Waals surface area (Å²) < 4.78 is 6.95. The number of halogens is 2. The molecule has 0 spiro atoms. The minimum Gasteiger partial charge on any atom is -0.422 e. The van der Waals surface area contributed by atoms with Crippen LogP contribution in [-0.4, -0.2) is 25.8 Å². The molecule has 0 amide bonds. The lowest BCUT2D eigenvalue weighted by atomic mass is 10.1. The van der Waals surface area contributed by atoms with Crippen molar-refractivity contribution in [2.45, 2.75) is 13.8 Å². The van der Waals surface area contributed by atoms with Gasteiger partial charge in [0.15, 0.2) is 11.3 Å². The molecule has 2 aromatic heterocycles. The number of benzene rings is 2. The highest BCUT2D eigenvalue weighted by Gasteiger charge is 2.21. The lowest BCUT2D eigenvalue weighted by Crippen LogP contribution is -2.16. The second kappa shape index (κ2) is 7.22. The van der Waals surface area contributed by atoms with Gasteiger partial charge in [-0.1, -0.05) is 47.5 Å². The molecule has 8 heteroatoms. The van der Waals surface area contributed by atoms with Gasteiger partial charge in [-0.3, -0.25) is 0 Å². The summed E-state index contributed by atoms with van der Waals surface area (Å²) in [7, 11) is 0. The highest BCUT2D eigenvalue weighted by molar-refractivity contribution is 6.42. The summed E-state index contributed by atoms with van der Waals surface area (Å²) in [5, 5.41) is 13.7. The van der Waals surface area contributed by atoms with Crippen molar-refractivity contribution in [2.24, 2.45) is 0 Å². The van der Waals surface area contributed by atoms with Gasteiger partial charge in [0, 0.05) is 0 Å². The molecule has 4 aromatic rings. The lowest BCUT2D eigenvalue weighted by molar-refractivity contribution is 0.0725. The molecular formula is C20H14Cl2N4O2. The Balaban J connectivity index is 1.78. The van der Waals surface area contributed by atoms with Crippen LogP contribution in [0.1, 0.15) is 21.9 Å². The largest absolute Gasteiger partial charge is 0.422 e. The van der Waals surface area contributed by atoms with Crippen molar-refractivity contribution in [2.75, 3.05) is 0 Å².